The van der Waals surface area contributed by atoms with Crippen LogP contribution in [-0.4, -0.2) is 47.2 Å². The van der Waals surface area contributed by atoms with Gasteiger partial charge in [-0.1, -0.05) is 0 Å². The van der Waals surface area contributed by atoms with Gasteiger partial charge < -0.3 is 0 Å². The molecule has 0 aromatic rings. The van der Waals surface area contributed by atoms with Gasteiger partial charge in [0.1, 0.15) is 0 Å². The molecule has 0 heterocycles. The molecule has 0 aromatic carbocycles. The van der Waals surface area contributed by atoms with Crippen LogP contribution in [0.3, 0.4) is 0 Å². The molecule has 2 nitrogen and oxygen atoms in total. The fourth-order valence-corrected chi connectivity index (χ4v) is 9.63. The van der Waals surface area contributed by atoms with Gasteiger partial charge in [0.25, 0.3) is 0 Å². The Bertz CT molecular complexity index is 37.0. The second kappa shape index (κ2) is 8.50. The van der Waals surface area contributed by atoms with E-state index < -0.39 is 0 Å². The maximum absolute atomic E-state index is 5.33. The Labute approximate surface area is 67.1 Å². The van der Waals surface area contributed by atoms with Gasteiger partial charge in [-0.25, -0.2) is 0 Å². The SMILES string of the molecule is NCC[Te][Te]CCN. The molecule has 0 atom stereocenters. The third-order valence-corrected chi connectivity index (χ3v) is 12.8. The molecule has 0 saturated heterocycles. The van der Waals surface area contributed by atoms with Crippen molar-refractivity contribution in [3.63, 3.8) is 0 Å². The zero-order chi connectivity index (χ0) is 6.24. The van der Waals surface area contributed by atoms with E-state index in [2.05, 4.69) is 0 Å². The molecule has 8 heavy (non-hydrogen) atoms. The maximum atomic E-state index is 5.33. The quantitative estimate of drug-likeness (QED) is 0.500. The van der Waals surface area contributed by atoms with Gasteiger partial charge in [-0.3, -0.25) is 0 Å². The van der Waals surface area contributed by atoms with Gasteiger partial charge in [-0.15, -0.1) is 0 Å². The average Bonchev–Trinajstić information content (AvgIpc) is 1.81. The van der Waals surface area contributed by atoms with E-state index >= 15 is 0 Å². The summed E-state index contributed by atoms with van der Waals surface area (Å²) in [5.74, 6) is 0. The number of nitrogens with two attached hydrogens (primary N) is 2. The topological polar surface area (TPSA) is 52.0 Å². The first kappa shape index (κ1) is 9.50. The van der Waals surface area contributed by atoms with Crippen LogP contribution in [0.25, 0.3) is 0 Å². The summed E-state index contributed by atoms with van der Waals surface area (Å²) >= 11 is 0.785. The molecule has 0 radical (unpaired) electrons. The number of hydrogen-bond acceptors (Lipinski definition) is 2. The summed E-state index contributed by atoms with van der Waals surface area (Å²) < 4.78 is 2.68. The summed E-state index contributed by atoms with van der Waals surface area (Å²) in [6.07, 6.45) is 0. The molecule has 4 heteroatoms. The Kier molecular flexibility index (Phi) is 10.1. The minimum absolute atomic E-state index is 0.392. The molecule has 0 amide bonds. The van der Waals surface area contributed by atoms with E-state index in [9.17, 15) is 0 Å². The van der Waals surface area contributed by atoms with Gasteiger partial charge in [0, 0.05) is 0 Å². The predicted octanol–water partition coefficient (Wildman–Crippen LogP) is -0.936. The molecule has 4 N–H and O–H groups in total. The van der Waals surface area contributed by atoms with Gasteiger partial charge in [-0.05, 0) is 0 Å². The molecule has 0 unspecified atom stereocenters. The zero-order valence-corrected chi connectivity index (χ0v) is 9.46. The first-order valence-electron chi connectivity index (χ1n) is 2.56. The Balaban J connectivity index is 2.53. The van der Waals surface area contributed by atoms with Gasteiger partial charge in [0.2, 0.25) is 0 Å². The zero-order valence-electron chi connectivity index (χ0n) is 4.80. The van der Waals surface area contributed by atoms with E-state index in [-0.39, 0.29) is 0 Å². The molecular weight excluding hydrogens is 331 g/mol. The molecular formula is C4H12N2Te2. The van der Waals surface area contributed by atoms with Crippen molar-refractivity contribution in [3.8, 4) is 0 Å². The summed E-state index contributed by atoms with van der Waals surface area (Å²) in [7, 11) is 0. The van der Waals surface area contributed by atoms with E-state index in [1.165, 1.54) is 8.94 Å². The van der Waals surface area contributed by atoms with Crippen LogP contribution >= 0.6 is 0 Å². The van der Waals surface area contributed by atoms with E-state index in [1.807, 2.05) is 0 Å². The first-order chi connectivity index (χ1) is 3.91. The van der Waals surface area contributed by atoms with Gasteiger partial charge in [0.05, 0.1) is 0 Å². The van der Waals surface area contributed by atoms with Gasteiger partial charge in [-0.2, -0.15) is 0 Å². The van der Waals surface area contributed by atoms with Crippen molar-refractivity contribution in [3.05, 3.63) is 0 Å². The normalized spacial score (nSPS) is 9.75. The van der Waals surface area contributed by atoms with Crippen LogP contribution in [0.4, 0.5) is 0 Å². The Hall–Kier alpha value is 1.50. The Morgan fingerprint density at radius 1 is 0.875 bits per heavy atom. The predicted molar refractivity (Wildman–Crippen MR) is 39.2 cm³/mol. The molecule has 0 bridgehead atoms. The van der Waals surface area contributed by atoms with Crippen LogP contribution < -0.4 is 11.5 Å². The minimum atomic E-state index is 0.392. The summed E-state index contributed by atoms with van der Waals surface area (Å²) in [5, 5.41) is 0. The van der Waals surface area contributed by atoms with Crippen molar-refractivity contribution in [1.29, 1.82) is 0 Å². The number of hydrogen-bond donors (Lipinski definition) is 2. The van der Waals surface area contributed by atoms with E-state index in [1.54, 1.807) is 0 Å². The molecule has 0 aliphatic carbocycles. The average molecular weight is 343 g/mol. The third kappa shape index (κ3) is 7.50. The summed E-state index contributed by atoms with van der Waals surface area (Å²) in [5.41, 5.74) is 10.7. The van der Waals surface area contributed by atoms with Crippen molar-refractivity contribution in [2.75, 3.05) is 13.1 Å². The van der Waals surface area contributed by atoms with Crippen LogP contribution in [0, 0.1) is 0 Å². The summed E-state index contributed by atoms with van der Waals surface area (Å²) in [6.45, 7) is 1.83. The van der Waals surface area contributed by atoms with Crippen LogP contribution in [0.15, 0.2) is 0 Å². The van der Waals surface area contributed by atoms with Crippen molar-refractivity contribution in [2.45, 2.75) is 8.94 Å². The fraction of sp³-hybridized carbons (Fsp3) is 1.00. The second-order valence-corrected chi connectivity index (χ2v) is 13.9. The molecule has 0 spiro atoms. The molecule has 0 aliphatic heterocycles. The Morgan fingerprint density at radius 2 is 1.25 bits per heavy atom. The summed E-state index contributed by atoms with van der Waals surface area (Å²) in [4.78, 5) is 0. The Morgan fingerprint density at radius 3 is 1.50 bits per heavy atom. The standard InChI is InChI=1S/C4H12N2Te2/c5-1-3-7-8-4-2-6/h1-6H2. The van der Waals surface area contributed by atoms with Gasteiger partial charge in [0.15, 0.2) is 0 Å². The molecule has 0 fully saturated rings. The van der Waals surface area contributed by atoms with Crippen molar-refractivity contribution in [1.82, 2.24) is 0 Å². The van der Waals surface area contributed by atoms with Crippen molar-refractivity contribution < 1.29 is 0 Å². The number of rotatable bonds is 5. The van der Waals surface area contributed by atoms with Crippen LogP contribution in [0.2, 0.25) is 8.94 Å². The van der Waals surface area contributed by atoms with Crippen LogP contribution in [-0.2, 0) is 0 Å². The molecule has 0 aromatic heterocycles. The fourth-order valence-electron chi connectivity index (χ4n) is 0.214. The van der Waals surface area contributed by atoms with Crippen LogP contribution in [0.1, 0.15) is 0 Å². The third-order valence-electron chi connectivity index (χ3n) is 0.486. The van der Waals surface area contributed by atoms with E-state index in [4.69, 9.17) is 11.5 Å². The molecule has 0 saturated carbocycles. The molecule has 0 aliphatic rings. The van der Waals surface area contributed by atoms with Crippen molar-refractivity contribution in [2.24, 2.45) is 11.5 Å². The van der Waals surface area contributed by atoms with Gasteiger partial charge >= 0.3 is 67.6 Å². The van der Waals surface area contributed by atoms with Crippen molar-refractivity contribution >= 4 is 34.1 Å². The van der Waals surface area contributed by atoms with Crippen LogP contribution in [0.5, 0.6) is 0 Å². The van der Waals surface area contributed by atoms with E-state index in [0.29, 0.717) is 34.1 Å². The second-order valence-electron chi connectivity index (χ2n) is 1.22. The summed E-state index contributed by atoms with van der Waals surface area (Å²) in [6, 6.07) is 0. The molecule has 0 rings (SSSR count). The monoisotopic (exact) mass is 348 g/mol. The first-order valence-corrected chi connectivity index (χ1v) is 13.2. The molecule has 50 valence electrons. The van der Waals surface area contributed by atoms with E-state index in [0.717, 1.165) is 13.1 Å².